The number of halogens is 3. The number of unbranched alkanes of at least 4 members (excludes halogenated alkanes) is 1. The molecule has 1 atom stereocenters. The molecular formula is C23H24F3N. The molecule has 0 N–H and O–H groups in total. The van der Waals surface area contributed by atoms with Gasteiger partial charge < -0.3 is 4.90 Å². The Bertz CT molecular complexity index is 896. The number of anilines is 1. The first-order valence-electron chi connectivity index (χ1n) is 9.29. The van der Waals surface area contributed by atoms with Gasteiger partial charge in [-0.15, -0.1) is 0 Å². The third-order valence-electron chi connectivity index (χ3n) is 5.04. The molecule has 0 radical (unpaired) electrons. The summed E-state index contributed by atoms with van der Waals surface area (Å²) in [6.07, 6.45) is -1.57. The lowest BCUT2D eigenvalue weighted by atomic mass is 9.96. The Morgan fingerprint density at radius 1 is 0.926 bits per heavy atom. The molecule has 3 aromatic rings. The van der Waals surface area contributed by atoms with E-state index in [1.54, 1.807) is 6.07 Å². The largest absolute Gasteiger partial charge is 0.416 e. The predicted octanol–water partition coefficient (Wildman–Crippen LogP) is 7.23. The van der Waals surface area contributed by atoms with Crippen molar-refractivity contribution in [2.45, 2.75) is 38.4 Å². The van der Waals surface area contributed by atoms with E-state index < -0.39 is 11.7 Å². The second-order valence-electron chi connectivity index (χ2n) is 6.89. The van der Waals surface area contributed by atoms with Gasteiger partial charge in [0.1, 0.15) is 0 Å². The number of rotatable bonds is 6. The number of benzene rings is 3. The zero-order valence-corrected chi connectivity index (χ0v) is 15.6. The van der Waals surface area contributed by atoms with Crippen LogP contribution in [0.15, 0.2) is 66.7 Å². The van der Waals surface area contributed by atoms with Crippen LogP contribution in [-0.4, -0.2) is 7.05 Å². The SMILES string of the molecule is CCCCC(c1cccc(C(F)(F)F)c1)N(C)c1cccc2ccccc12. The fourth-order valence-electron chi connectivity index (χ4n) is 3.59. The monoisotopic (exact) mass is 371 g/mol. The fourth-order valence-corrected chi connectivity index (χ4v) is 3.59. The van der Waals surface area contributed by atoms with Gasteiger partial charge in [0, 0.05) is 18.1 Å². The minimum Gasteiger partial charge on any atom is -0.367 e. The molecule has 0 amide bonds. The van der Waals surface area contributed by atoms with E-state index in [1.165, 1.54) is 12.1 Å². The highest BCUT2D eigenvalue weighted by molar-refractivity contribution is 5.94. The molecule has 0 bridgehead atoms. The Hall–Kier alpha value is -2.49. The number of hydrogen-bond donors (Lipinski definition) is 0. The summed E-state index contributed by atoms with van der Waals surface area (Å²) in [7, 11) is 1.97. The van der Waals surface area contributed by atoms with Crippen LogP contribution in [0.2, 0.25) is 0 Å². The average Bonchev–Trinajstić information content (AvgIpc) is 2.67. The normalized spacial score (nSPS) is 12.9. The van der Waals surface area contributed by atoms with Gasteiger partial charge in [-0.05, 0) is 35.6 Å². The van der Waals surface area contributed by atoms with Gasteiger partial charge in [0.15, 0.2) is 0 Å². The Kier molecular flexibility index (Phi) is 5.73. The highest BCUT2D eigenvalue weighted by atomic mass is 19.4. The van der Waals surface area contributed by atoms with Gasteiger partial charge in [-0.1, -0.05) is 68.3 Å². The van der Waals surface area contributed by atoms with Crippen LogP contribution in [0.1, 0.15) is 43.4 Å². The molecule has 0 heterocycles. The molecule has 3 rings (SSSR count). The minimum absolute atomic E-state index is 0.113. The summed E-state index contributed by atoms with van der Waals surface area (Å²) in [5, 5.41) is 2.23. The second kappa shape index (κ2) is 8.03. The maximum atomic E-state index is 13.2. The van der Waals surface area contributed by atoms with Gasteiger partial charge in [-0.2, -0.15) is 13.2 Å². The molecule has 3 aromatic carbocycles. The van der Waals surface area contributed by atoms with Crippen LogP contribution in [0.3, 0.4) is 0 Å². The van der Waals surface area contributed by atoms with Crippen LogP contribution in [0.5, 0.6) is 0 Å². The predicted molar refractivity (Wildman–Crippen MR) is 106 cm³/mol. The van der Waals surface area contributed by atoms with E-state index in [2.05, 4.69) is 30.0 Å². The summed E-state index contributed by atoms with van der Waals surface area (Å²) in [5.74, 6) is 0. The van der Waals surface area contributed by atoms with E-state index in [4.69, 9.17) is 0 Å². The van der Waals surface area contributed by atoms with Gasteiger partial charge in [0.2, 0.25) is 0 Å². The van der Waals surface area contributed by atoms with Crippen LogP contribution < -0.4 is 4.90 Å². The zero-order chi connectivity index (χ0) is 19.4. The first kappa shape index (κ1) is 19.3. The van der Waals surface area contributed by atoms with E-state index in [0.29, 0.717) is 5.56 Å². The lowest BCUT2D eigenvalue weighted by Crippen LogP contribution is -2.25. The molecule has 0 aliphatic carbocycles. The zero-order valence-electron chi connectivity index (χ0n) is 15.6. The first-order chi connectivity index (χ1) is 12.9. The highest BCUT2D eigenvalue weighted by Crippen LogP contribution is 2.37. The van der Waals surface area contributed by atoms with Crippen molar-refractivity contribution in [1.29, 1.82) is 0 Å². The van der Waals surface area contributed by atoms with Crippen molar-refractivity contribution in [1.82, 2.24) is 0 Å². The van der Waals surface area contributed by atoms with Gasteiger partial charge in [0.05, 0.1) is 11.6 Å². The summed E-state index contributed by atoms with van der Waals surface area (Å²) < 4.78 is 39.6. The quantitative estimate of drug-likeness (QED) is 0.442. The number of nitrogens with zero attached hydrogens (tertiary/aromatic N) is 1. The van der Waals surface area contributed by atoms with Crippen molar-refractivity contribution in [3.8, 4) is 0 Å². The maximum absolute atomic E-state index is 13.2. The molecule has 4 heteroatoms. The molecule has 1 unspecified atom stereocenters. The molecule has 27 heavy (non-hydrogen) atoms. The molecular weight excluding hydrogens is 347 g/mol. The Labute approximate surface area is 158 Å². The summed E-state index contributed by atoms with van der Waals surface area (Å²) in [5.41, 5.74) is 1.15. The average molecular weight is 371 g/mol. The summed E-state index contributed by atoms with van der Waals surface area (Å²) >= 11 is 0. The second-order valence-corrected chi connectivity index (χ2v) is 6.89. The Morgan fingerprint density at radius 2 is 1.63 bits per heavy atom. The van der Waals surface area contributed by atoms with E-state index in [-0.39, 0.29) is 6.04 Å². The number of alkyl halides is 3. The van der Waals surface area contributed by atoms with Gasteiger partial charge in [-0.3, -0.25) is 0 Å². The van der Waals surface area contributed by atoms with Crippen molar-refractivity contribution in [2.24, 2.45) is 0 Å². The van der Waals surface area contributed by atoms with Crippen molar-refractivity contribution < 1.29 is 13.2 Å². The Morgan fingerprint density at radius 3 is 2.37 bits per heavy atom. The van der Waals surface area contributed by atoms with Crippen molar-refractivity contribution in [3.05, 3.63) is 77.9 Å². The van der Waals surface area contributed by atoms with Crippen LogP contribution in [-0.2, 0) is 6.18 Å². The smallest absolute Gasteiger partial charge is 0.367 e. The van der Waals surface area contributed by atoms with Crippen LogP contribution in [0.4, 0.5) is 18.9 Å². The minimum atomic E-state index is -4.33. The summed E-state index contributed by atoms with van der Waals surface area (Å²) in [6, 6.07) is 19.8. The molecule has 0 saturated carbocycles. The Balaban J connectivity index is 2.04. The molecule has 1 nitrogen and oxygen atoms in total. The van der Waals surface area contributed by atoms with Crippen molar-refractivity contribution in [3.63, 3.8) is 0 Å². The molecule has 0 fully saturated rings. The van der Waals surface area contributed by atoms with Crippen LogP contribution in [0.25, 0.3) is 10.8 Å². The van der Waals surface area contributed by atoms with Gasteiger partial charge in [0.25, 0.3) is 0 Å². The first-order valence-corrected chi connectivity index (χ1v) is 9.29. The van der Waals surface area contributed by atoms with E-state index in [9.17, 15) is 13.2 Å². The fraction of sp³-hybridized carbons (Fsp3) is 0.304. The van der Waals surface area contributed by atoms with E-state index in [0.717, 1.165) is 41.8 Å². The molecule has 142 valence electrons. The van der Waals surface area contributed by atoms with E-state index in [1.807, 2.05) is 31.3 Å². The topological polar surface area (TPSA) is 3.24 Å². The number of fused-ring (bicyclic) bond motifs is 1. The lowest BCUT2D eigenvalue weighted by Gasteiger charge is -2.32. The number of hydrogen-bond acceptors (Lipinski definition) is 1. The van der Waals surface area contributed by atoms with Gasteiger partial charge in [-0.25, -0.2) is 0 Å². The molecule has 0 spiro atoms. The van der Waals surface area contributed by atoms with Crippen LogP contribution >= 0.6 is 0 Å². The maximum Gasteiger partial charge on any atom is 0.416 e. The highest BCUT2D eigenvalue weighted by Gasteiger charge is 2.31. The van der Waals surface area contributed by atoms with Gasteiger partial charge >= 0.3 is 6.18 Å². The molecule has 0 aliphatic rings. The lowest BCUT2D eigenvalue weighted by molar-refractivity contribution is -0.137. The van der Waals surface area contributed by atoms with Crippen LogP contribution in [0, 0.1) is 0 Å². The summed E-state index contributed by atoms with van der Waals surface area (Å²) in [4.78, 5) is 2.12. The molecule has 0 aromatic heterocycles. The summed E-state index contributed by atoms with van der Waals surface area (Å²) in [6.45, 7) is 2.10. The van der Waals surface area contributed by atoms with Crippen molar-refractivity contribution in [2.75, 3.05) is 11.9 Å². The molecule has 0 aliphatic heterocycles. The third-order valence-corrected chi connectivity index (χ3v) is 5.04. The third kappa shape index (κ3) is 4.26. The van der Waals surface area contributed by atoms with Crippen molar-refractivity contribution >= 4 is 16.5 Å². The molecule has 0 saturated heterocycles. The standard InChI is InChI=1S/C23H24F3N/c1-3-4-14-21(18-11-7-12-19(16-18)23(24,25)26)27(2)22-15-8-10-17-9-5-6-13-20(17)22/h5-13,15-16,21H,3-4,14H2,1-2H3. The van der Waals surface area contributed by atoms with E-state index >= 15 is 0 Å².